The summed E-state index contributed by atoms with van der Waals surface area (Å²) in [6, 6.07) is 4.85. The van der Waals surface area contributed by atoms with Crippen molar-refractivity contribution in [1.82, 2.24) is 0 Å². The molecule has 68 valence electrons. The van der Waals surface area contributed by atoms with E-state index in [9.17, 15) is 4.79 Å². The minimum atomic E-state index is -0.584. The van der Waals surface area contributed by atoms with Crippen LogP contribution in [-0.2, 0) is 4.79 Å². The van der Waals surface area contributed by atoms with Crippen LogP contribution in [0.1, 0.15) is 0 Å². The smallest absolute Gasteiger partial charge is 0.335 e. The van der Waals surface area contributed by atoms with Crippen molar-refractivity contribution in [1.29, 1.82) is 0 Å². The molecule has 0 saturated carbocycles. The van der Waals surface area contributed by atoms with E-state index in [0.717, 1.165) is 6.08 Å². The molecule has 0 saturated heterocycles. The van der Waals surface area contributed by atoms with Crippen molar-refractivity contribution in [2.45, 2.75) is 0 Å². The van der Waals surface area contributed by atoms with E-state index in [-0.39, 0.29) is 5.75 Å². The fourth-order valence-electron chi connectivity index (χ4n) is 0.775. The monoisotopic (exact) mass is 197 g/mol. The first-order chi connectivity index (χ1) is 6.15. The topological polar surface area (TPSA) is 52.3 Å². The number of hydrogen-bond donors (Lipinski definition) is 1. The molecule has 1 aromatic carbocycles. The van der Waals surface area contributed by atoms with Crippen molar-refractivity contribution < 1.29 is 9.53 Å². The average molecular weight is 198 g/mol. The Bertz CT molecular complexity index is 329. The normalized spacial score (nSPS) is 9.31. The van der Waals surface area contributed by atoms with Gasteiger partial charge in [0.05, 0.1) is 10.7 Å². The van der Waals surface area contributed by atoms with Gasteiger partial charge in [0.2, 0.25) is 0 Å². The van der Waals surface area contributed by atoms with Crippen LogP contribution in [0.2, 0.25) is 5.02 Å². The Hall–Kier alpha value is -1.48. The summed E-state index contributed by atoms with van der Waals surface area (Å²) < 4.78 is 4.81. The summed E-state index contributed by atoms with van der Waals surface area (Å²) in [6.45, 7) is 3.26. The molecule has 4 heteroatoms. The summed E-state index contributed by atoms with van der Waals surface area (Å²) in [5.74, 6) is -0.408. The number of hydrogen-bond acceptors (Lipinski definition) is 3. The molecule has 3 nitrogen and oxygen atoms in total. The van der Waals surface area contributed by atoms with E-state index in [0.29, 0.717) is 10.7 Å². The highest BCUT2D eigenvalue weighted by molar-refractivity contribution is 6.32. The third-order valence-electron chi connectivity index (χ3n) is 1.37. The Morgan fingerprint density at radius 1 is 1.62 bits per heavy atom. The van der Waals surface area contributed by atoms with Gasteiger partial charge in [0, 0.05) is 6.08 Å². The lowest BCUT2D eigenvalue weighted by Crippen LogP contribution is -2.05. The van der Waals surface area contributed by atoms with Gasteiger partial charge in [-0.1, -0.05) is 24.2 Å². The zero-order valence-corrected chi connectivity index (χ0v) is 7.54. The number of esters is 1. The van der Waals surface area contributed by atoms with Gasteiger partial charge in [0.25, 0.3) is 0 Å². The van der Waals surface area contributed by atoms with E-state index in [1.807, 2.05) is 0 Å². The zero-order chi connectivity index (χ0) is 9.84. The third-order valence-corrected chi connectivity index (χ3v) is 1.66. The van der Waals surface area contributed by atoms with Gasteiger partial charge in [-0.05, 0) is 12.1 Å². The molecule has 0 unspecified atom stereocenters. The van der Waals surface area contributed by atoms with Gasteiger partial charge < -0.3 is 10.5 Å². The third kappa shape index (κ3) is 2.23. The van der Waals surface area contributed by atoms with Crippen LogP contribution in [0, 0.1) is 0 Å². The quantitative estimate of drug-likeness (QED) is 0.342. The fraction of sp³-hybridized carbons (Fsp3) is 0. The first-order valence-corrected chi connectivity index (χ1v) is 3.91. The number of benzene rings is 1. The number of nitrogens with two attached hydrogens (primary N) is 1. The maximum Gasteiger partial charge on any atom is 0.335 e. The van der Waals surface area contributed by atoms with Gasteiger partial charge in [-0.25, -0.2) is 4.79 Å². The fourth-order valence-corrected chi connectivity index (χ4v) is 0.996. The summed E-state index contributed by atoms with van der Waals surface area (Å²) >= 11 is 5.74. The lowest BCUT2D eigenvalue weighted by atomic mass is 10.3. The first kappa shape index (κ1) is 9.61. The van der Waals surface area contributed by atoms with E-state index in [1.165, 1.54) is 0 Å². The van der Waals surface area contributed by atoms with Crippen LogP contribution in [0.5, 0.6) is 5.75 Å². The molecule has 0 aliphatic carbocycles. The standard InChI is InChI=1S/C9H8ClNO2/c1-2-8(12)13-9-6(10)4-3-5-7(9)11/h2-5H,1,11H2. The van der Waals surface area contributed by atoms with Crippen LogP contribution in [-0.4, -0.2) is 5.97 Å². The van der Waals surface area contributed by atoms with Crippen molar-refractivity contribution in [2.24, 2.45) is 0 Å². The van der Waals surface area contributed by atoms with Gasteiger partial charge in [0.15, 0.2) is 5.75 Å². The summed E-state index contributed by atoms with van der Waals surface area (Å²) in [5, 5.41) is 0.301. The van der Waals surface area contributed by atoms with E-state index < -0.39 is 5.97 Å². The van der Waals surface area contributed by atoms with E-state index in [1.54, 1.807) is 18.2 Å². The minimum absolute atomic E-state index is 0.175. The molecule has 0 heterocycles. The lowest BCUT2D eigenvalue weighted by molar-refractivity contribution is -0.128. The Labute approximate surface area is 80.8 Å². The Kier molecular flexibility index (Phi) is 2.93. The van der Waals surface area contributed by atoms with Crippen molar-refractivity contribution in [2.75, 3.05) is 5.73 Å². The molecule has 0 amide bonds. The highest BCUT2D eigenvalue weighted by Gasteiger charge is 2.08. The number of carbonyl (C=O) groups is 1. The number of rotatable bonds is 2. The Morgan fingerprint density at radius 3 is 2.85 bits per heavy atom. The van der Waals surface area contributed by atoms with Crippen LogP contribution in [0.15, 0.2) is 30.9 Å². The molecular formula is C9H8ClNO2. The van der Waals surface area contributed by atoms with Crippen molar-refractivity contribution >= 4 is 23.3 Å². The minimum Gasteiger partial charge on any atom is -0.420 e. The Morgan fingerprint density at radius 2 is 2.31 bits per heavy atom. The molecule has 1 aromatic rings. The second-order valence-electron chi connectivity index (χ2n) is 2.28. The molecule has 0 aromatic heterocycles. The predicted octanol–water partition coefficient (Wildman–Crippen LogP) is 2.01. The highest BCUT2D eigenvalue weighted by atomic mass is 35.5. The molecule has 0 fully saturated rings. The maximum atomic E-state index is 10.8. The SMILES string of the molecule is C=CC(=O)Oc1c(N)cccc1Cl. The highest BCUT2D eigenvalue weighted by Crippen LogP contribution is 2.30. The van der Waals surface area contributed by atoms with Crippen molar-refractivity contribution in [3.8, 4) is 5.75 Å². The molecule has 0 bridgehead atoms. The molecule has 1 rings (SSSR count). The number of nitrogen functional groups attached to an aromatic ring is 1. The molecule has 0 aliphatic rings. The number of para-hydroxylation sites is 1. The van der Waals surface area contributed by atoms with Crippen LogP contribution in [0.3, 0.4) is 0 Å². The largest absolute Gasteiger partial charge is 0.420 e. The molecular weight excluding hydrogens is 190 g/mol. The molecule has 0 atom stereocenters. The molecule has 13 heavy (non-hydrogen) atoms. The molecule has 0 aliphatic heterocycles. The van der Waals surface area contributed by atoms with Crippen molar-refractivity contribution in [3.63, 3.8) is 0 Å². The summed E-state index contributed by atoms with van der Waals surface area (Å²) in [7, 11) is 0. The van der Waals surface area contributed by atoms with E-state index >= 15 is 0 Å². The zero-order valence-electron chi connectivity index (χ0n) is 6.79. The van der Waals surface area contributed by atoms with Crippen LogP contribution < -0.4 is 10.5 Å². The Balaban J connectivity index is 2.99. The molecule has 0 spiro atoms. The number of carbonyl (C=O) groups excluding carboxylic acids is 1. The predicted molar refractivity (Wildman–Crippen MR) is 51.7 cm³/mol. The summed E-state index contributed by atoms with van der Waals surface area (Å²) in [5.41, 5.74) is 5.85. The van der Waals surface area contributed by atoms with Crippen LogP contribution >= 0.6 is 11.6 Å². The van der Waals surface area contributed by atoms with Gasteiger partial charge in [-0.3, -0.25) is 0 Å². The van der Waals surface area contributed by atoms with Gasteiger partial charge >= 0.3 is 5.97 Å². The first-order valence-electron chi connectivity index (χ1n) is 3.53. The second-order valence-corrected chi connectivity index (χ2v) is 2.69. The number of ether oxygens (including phenoxy) is 1. The van der Waals surface area contributed by atoms with Gasteiger partial charge in [-0.2, -0.15) is 0 Å². The summed E-state index contributed by atoms with van der Waals surface area (Å²) in [6.07, 6.45) is 1.04. The van der Waals surface area contributed by atoms with E-state index in [2.05, 4.69) is 6.58 Å². The van der Waals surface area contributed by atoms with Gasteiger partial charge in [0.1, 0.15) is 0 Å². The molecule has 0 radical (unpaired) electrons. The maximum absolute atomic E-state index is 10.8. The second kappa shape index (κ2) is 3.96. The van der Waals surface area contributed by atoms with E-state index in [4.69, 9.17) is 22.1 Å². The molecule has 2 N–H and O–H groups in total. The number of halogens is 1. The van der Waals surface area contributed by atoms with Crippen molar-refractivity contribution in [3.05, 3.63) is 35.9 Å². The lowest BCUT2D eigenvalue weighted by Gasteiger charge is -2.05. The average Bonchev–Trinajstić information content (AvgIpc) is 2.11. The summed E-state index contributed by atoms with van der Waals surface area (Å²) in [4.78, 5) is 10.8. The van der Waals surface area contributed by atoms with Crippen LogP contribution in [0.4, 0.5) is 5.69 Å². The van der Waals surface area contributed by atoms with Gasteiger partial charge in [-0.15, -0.1) is 0 Å². The number of anilines is 1. The van der Waals surface area contributed by atoms with Crippen LogP contribution in [0.25, 0.3) is 0 Å².